The highest BCUT2D eigenvalue weighted by Gasteiger charge is 2.23. The predicted molar refractivity (Wildman–Crippen MR) is 63.3 cm³/mol. The summed E-state index contributed by atoms with van der Waals surface area (Å²) >= 11 is 0. The van der Waals surface area contributed by atoms with Crippen LogP contribution in [0.1, 0.15) is 31.4 Å². The molecule has 0 aromatic carbocycles. The van der Waals surface area contributed by atoms with Crippen LogP contribution in [0.5, 0.6) is 0 Å². The van der Waals surface area contributed by atoms with Crippen LogP contribution in [0.25, 0.3) is 0 Å². The second-order valence-electron chi connectivity index (χ2n) is 5.08. The molecular weight excluding hydrogens is 202 g/mol. The number of nitrogens with one attached hydrogen (secondary N) is 1. The molecule has 5 heteroatoms. The number of likely N-dealkylation sites (N-methyl/N-ethyl adjacent to an activating group) is 1. The van der Waals surface area contributed by atoms with Gasteiger partial charge >= 0.3 is 0 Å². The van der Waals surface area contributed by atoms with Gasteiger partial charge in [-0.05, 0) is 14.1 Å². The molecule has 0 saturated heterocycles. The van der Waals surface area contributed by atoms with Gasteiger partial charge in [0.1, 0.15) is 11.6 Å². The predicted octanol–water partition coefficient (Wildman–Crippen LogP) is 0.435. The fourth-order valence-electron chi connectivity index (χ4n) is 2.19. The van der Waals surface area contributed by atoms with Crippen molar-refractivity contribution in [3.63, 3.8) is 0 Å². The summed E-state index contributed by atoms with van der Waals surface area (Å²) in [7, 11) is 4.21. The number of hydrogen-bond acceptors (Lipinski definition) is 4. The Balaban J connectivity index is 2.14. The van der Waals surface area contributed by atoms with Crippen LogP contribution in [-0.2, 0) is 13.1 Å². The van der Waals surface area contributed by atoms with E-state index in [0.717, 1.165) is 31.3 Å². The Kier molecular flexibility index (Phi) is 3.25. The van der Waals surface area contributed by atoms with Gasteiger partial charge in [0.25, 0.3) is 0 Å². The molecule has 1 aromatic heterocycles. The largest absolute Gasteiger partial charge is 0.312 e. The van der Waals surface area contributed by atoms with Crippen LogP contribution < -0.4 is 5.32 Å². The molecule has 5 nitrogen and oxygen atoms in total. The van der Waals surface area contributed by atoms with Gasteiger partial charge in [0.05, 0.1) is 6.54 Å². The molecule has 0 radical (unpaired) electrons. The molecule has 0 fully saturated rings. The van der Waals surface area contributed by atoms with Gasteiger partial charge in [0.2, 0.25) is 0 Å². The number of hydrogen-bond donors (Lipinski definition) is 1. The molecule has 1 aliphatic heterocycles. The van der Waals surface area contributed by atoms with E-state index in [0.29, 0.717) is 12.0 Å². The lowest BCUT2D eigenvalue weighted by Gasteiger charge is -2.28. The molecule has 90 valence electrons. The van der Waals surface area contributed by atoms with Gasteiger partial charge < -0.3 is 14.8 Å². The van der Waals surface area contributed by atoms with Gasteiger partial charge in [0, 0.05) is 25.0 Å². The van der Waals surface area contributed by atoms with Crippen molar-refractivity contribution >= 4 is 0 Å². The molecule has 0 amide bonds. The van der Waals surface area contributed by atoms with Crippen LogP contribution >= 0.6 is 0 Å². The van der Waals surface area contributed by atoms with Crippen molar-refractivity contribution in [2.75, 3.05) is 20.6 Å². The van der Waals surface area contributed by atoms with Crippen molar-refractivity contribution in [2.45, 2.75) is 38.9 Å². The van der Waals surface area contributed by atoms with Gasteiger partial charge in [-0.25, -0.2) is 0 Å². The van der Waals surface area contributed by atoms with Crippen molar-refractivity contribution in [1.29, 1.82) is 0 Å². The van der Waals surface area contributed by atoms with E-state index in [1.807, 2.05) is 0 Å². The van der Waals surface area contributed by atoms with Crippen molar-refractivity contribution in [2.24, 2.45) is 0 Å². The molecule has 2 rings (SSSR count). The number of rotatable bonds is 3. The first kappa shape index (κ1) is 11.5. The highest BCUT2D eigenvalue weighted by atomic mass is 15.3. The number of fused-ring (bicyclic) bond motifs is 1. The molecule has 0 saturated carbocycles. The first-order valence-corrected chi connectivity index (χ1v) is 5.88. The molecule has 2 heterocycles. The highest BCUT2D eigenvalue weighted by Crippen LogP contribution is 2.16. The van der Waals surface area contributed by atoms with E-state index in [2.05, 4.69) is 52.9 Å². The summed E-state index contributed by atoms with van der Waals surface area (Å²) in [6.07, 6.45) is 0. The lowest BCUT2D eigenvalue weighted by molar-refractivity contribution is 0.287. The zero-order chi connectivity index (χ0) is 11.7. The molecular formula is C11H21N5. The average molecular weight is 223 g/mol. The third-order valence-corrected chi connectivity index (χ3v) is 2.91. The van der Waals surface area contributed by atoms with Crippen LogP contribution in [0.3, 0.4) is 0 Å². The van der Waals surface area contributed by atoms with Gasteiger partial charge in [-0.1, -0.05) is 13.8 Å². The molecule has 0 aliphatic carbocycles. The van der Waals surface area contributed by atoms with E-state index < -0.39 is 0 Å². The minimum absolute atomic E-state index is 0.444. The summed E-state index contributed by atoms with van der Waals surface area (Å²) in [6, 6.07) is 0.496. The van der Waals surface area contributed by atoms with Gasteiger partial charge in [-0.2, -0.15) is 0 Å². The van der Waals surface area contributed by atoms with Crippen LogP contribution in [0, 0.1) is 0 Å². The third-order valence-electron chi connectivity index (χ3n) is 2.91. The van der Waals surface area contributed by atoms with Gasteiger partial charge in [0.15, 0.2) is 0 Å². The Bertz CT molecular complexity index is 355. The Morgan fingerprint density at radius 1 is 1.44 bits per heavy atom. The van der Waals surface area contributed by atoms with Crippen LogP contribution in [0.4, 0.5) is 0 Å². The minimum Gasteiger partial charge on any atom is -0.312 e. The normalized spacial score (nSPS) is 20.5. The molecule has 16 heavy (non-hydrogen) atoms. The molecule has 1 atom stereocenters. The SMILES string of the molecule is CC(C)c1nnc2n1CC(CN(C)C)NC2. The fourth-order valence-corrected chi connectivity index (χ4v) is 2.19. The highest BCUT2D eigenvalue weighted by molar-refractivity contribution is 5.03. The maximum Gasteiger partial charge on any atom is 0.147 e. The van der Waals surface area contributed by atoms with Gasteiger partial charge in [-0.15, -0.1) is 10.2 Å². The van der Waals surface area contributed by atoms with Crippen LogP contribution in [-0.4, -0.2) is 46.3 Å². The lowest BCUT2D eigenvalue weighted by Crippen LogP contribution is -2.45. The van der Waals surface area contributed by atoms with E-state index in [-0.39, 0.29) is 0 Å². The van der Waals surface area contributed by atoms with Crippen LogP contribution in [0.15, 0.2) is 0 Å². The Morgan fingerprint density at radius 2 is 2.19 bits per heavy atom. The number of nitrogens with zero attached hydrogens (tertiary/aromatic N) is 4. The number of aromatic nitrogens is 3. The summed E-state index contributed by atoms with van der Waals surface area (Å²) in [5, 5.41) is 12.0. The summed E-state index contributed by atoms with van der Waals surface area (Å²) in [5.41, 5.74) is 0. The zero-order valence-corrected chi connectivity index (χ0v) is 10.6. The maximum absolute atomic E-state index is 4.27. The fraction of sp³-hybridized carbons (Fsp3) is 0.818. The maximum atomic E-state index is 4.27. The summed E-state index contributed by atoms with van der Waals surface area (Å²) < 4.78 is 2.27. The smallest absolute Gasteiger partial charge is 0.147 e. The summed E-state index contributed by atoms with van der Waals surface area (Å²) in [6.45, 7) is 7.20. The van der Waals surface area contributed by atoms with Crippen molar-refractivity contribution in [1.82, 2.24) is 25.0 Å². The molecule has 0 bridgehead atoms. The summed E-state index contributed by atoms with van der Waals surface area (Å²) in [5.74, 6) is 2.62. The molecule has 1 aliphatic rings. The standard InChI is InChI=1S/C11H21N5/c1-8(2)11-14-13-10-5-12-9(6-15(3)4)7-16(10)11/h8-9,12H,5-7H2,1-4H3. The van der Waals surface area contributed by atoms with Crippen LogP contribution in [0.2, 0.25) is 0 Å². The van der Waals surface area contributed by atoms with Crippen molar-refractivity contribution in [3.8, 4) is 0 Å². The Morgan fingerprint density at radius 3 is 2.81 bits per heavy atom. The van der Waals surface area contributed by atoms with Gasteiger partial charge in [-0.3, -0.25) is 0 Å². The quantitative estimate of drug-likeness (QED) is 0.807. The molecule has 1 unspecified atom stereocenters. The second-order valence-corrected chi connectivity index (χ2v) is 5.08. The monoisotopic (exact) mass is 223 g/mol. The Labute approximate surface area is 96.8 Å². The third kappa shape index (κ3) is 2.25. The lowest BCUT2D eigenvalue weighted by atomic mass is 10.1. The van der Waals surface area contributed by atoms with E-state index in [4.69, 9.17) is 0 Å². The van der Waals surface area contributed by atoms with Crippen molar-refractivity contribution in [3.05, 3.63) is 11.6 Å². The van der Waals surface area contributed by atoms with E-state index >= 15 is 0 Å². The Hall–Kier alpha value is -0.940. The van der Waals surface area contributed by atoms with Crippen molar-refractivity contribution < 1.29 is 0 Å². The summed E-state index contributed by atoms with van der Waals surface area (Å²) in [4.78, 5) is 2.21. The zero-order valence-electron chi connectivity index (χ0n) is 10.6. The topological polar surface area (TPSA) is 46.0 Å². The van der Waals surface area contributed by atoms with E-state index in [1.54, 1.807) is 0 Å². The van der Waals surface area contributed by atoms with E-state index in [1.165, 1.54) is 0 Å². The molecule has 1 aromatic rings. The second kappa shape index (κ2) is 4.51. The first-order valence-electron chi connectivity index (χ1n) is 5.88. The first-order chi connectivity index (χ1) is 7.58. The molecule has 1 N–H and O–H groups in total. The average Bonchev–Trinajstić information content (AvgIpc) is 2.59. The minimum atomic E-state index is 0.444. The van der Waals surface area contributed by atoms with E-state index in [9.17, 15) is 0 Å². The molecule has 0 spiro atoms.